The molecule has 88 valence electrons. The second-order valence-corrected chi connectivity index (χ2v) is 3.54. The minimum absolute atomic E-state index is 0.0299. The third kappa shape index (κ3) is 2.56. The standard InChI is InChI=1S/C9H14N4O3/c1-15-5-7-12-8(16-13-7)4-6-9(14)11-3-2-10-6/h6,10H,2-5H2,1H3,(H,11,14). The summed E-state index contributed by atoms with van der Waals surface area (Å²) in [5.41, 5.74) is 0. The highest BCUT2D eigenvalue weighted by atomic mass is 16.5. The van der Waals surface area contributed by atoms with Gasteiger partial charge in [0.1, 0.15) is 6.61 Å². The number of methoxy groups -OCH3 is 1. The van der Waals surface area contributed by atoms with Gasteiger partial charge in [-0.15, -0.1) is 0 Å². The zero-order chi connectivity index (χ0) is 11.4. The number of amides is 1. The van der Waals surface area contributed by atoms with Crippen molar-refractivity contribution >= 4 is 5.91 Å². The molecule has 16 heavy (non-hydrogen) atoms. The van der Waals surface area contributed by atoms with Gasteiger partial charge < -0.3 is 19.9 Å². The number of hydrogen-bond donors (Lipinski definition) is 2. The van der Waals surface area contributed by atoms with Crippen LogP contribution in [0.1, 0.15) is 11.7 Å². The van der Waals surface area contributed by atoms with Crippen molar-refractivity contribution < 1.29 is 14.1 Å². The monoisotopic (exact) mass is 226 g/mol. The van der Waals surface area contributed by atoms with Crippen molar-refractivity contribution in [3.05, 3.63) is 11.7 Å². The molecule has 1 aromatic rings. The lowest BCUT2D eigenvalue weighted by Crippen LogP contribution is -2.53. The average Bonchev–Trinajstić information content (AvgIpc) is 2.70. The highest BCUT2D eigenvalue weighted by Gasteiger charge is 2.23. The van der Waals surface area contributed by atoms with Gasteiger partial charge in [-0.3, -0.25) is 4.79 Å². The number of carbonyl (C=O) groups excluding carboxylic acids is 1. The number of rotatable bonds is 4. The normalized spacial score (nSPS) is 20.8. The lowest BCUT2D eigenvalue weighted by Gasteiger charge is -2.21. The Morgan fingerprint density at radius 3 is 3.19 bits per heavy atom. The summed E-state index contributed by atoms with van der Waals surface area (Å²) in [4.78, 5) is 15.5. The largest absolute Gasteiger partial charge is 0.377 e. The Hall–Kier alpha value is -1.47. The summed E-state index contributed by atoms with van der Waals surface area (Å²) < 4.78 is 9.88. The predicted molar refractivity (Wildman–Crippen MR) is 53.5 cm³/mol. The quantitative estimate of drug-likeness (QED) is 0.673. The molecule has 2 rings (SSSR count). The molecule has 2 heterocycles. The molecule has 0 saturated carbocycles. The SMILES string of the molecule is COCc1noc(CC2NCCNC2=O)n1. The molecule has 1 aliphatic heterocycles. The Balaban J connectivity index is 1.94. The lowest BCUT2D eigenvalue weighted by molar-refractivity contribution is -0.124. The van der Waals surface area contributed by atoms with E-state index in [4.69, 9.17) is 9.26 Å². The third-order valence-electron chi connectivity index (χ3n) is 2.29. The van der Waals surface area contributed by atoms with E-state index in [1.165, 1.54) is 0 Å². The van der Waals surface area contributed by atoms with Crippen LogP contribution in [0, 0.1) is 0 Å². The first-order chi connectivity index (χ1) is 7.79. The summed E-state index contributed by atoms with van der Waals surface area (Å²) >= 11 is 0. The Kier molecular flexibility index (Phi) is 3.47. The first-order valence-corrected chi connectivity index (χ1v) is 5.11. The van der Waals surface area contributed by atoms with Gasteiger partial charge in [0.2, 0.25) is 11.8 Å². The molecule has 1 unspecified atom stereocenters. The first-order valence-electron chi connectivity index (χ1n) is 5.11. The van der Waals surface area contributed by atoms with E-state index in [9.17, 15) is 4.79 Å². The van der Waals surface area contributed by atoms with Crippen molar-refractivity contribution in [3.63, 3.8) is 0 Å². The van der Waals surface area contributed by atoms with Crippen molar-refractivity contribution in [2.45, 2.75) is 19.1 Å². The second-order valence-electron chi connectivity index (χ2n) is 3.54. The van der Waals surface area contributed by atoms with Crippen molar-refractivity contribution in [2.24, 2.45) is 0 Å². The molecule has 7 heteroatoms. The van der Waals surface area contributed by atoms with Crippen LogP contribution in [-0.4, -0.2) is 42.3 Å². The van der Waals surface area contributed by atoms with Crippen LogP contribution in [0.25, 0.3) is 0 Å². The topological polar surface area (TPSA) is 89.3 Å². The number of carbonyl (C=O) groups is 1. The van der Waals surface area contributed by atoms with Crippen LogP contribution >= 0.6 is 0 Å². The van der Waals surface area contributed by atoms with E-state index in [1.807, 2.05) is 0 Å². The van der Waals surface area contributed by atoms with Crippen molar-refractivity contribution in [2.75, 3.05) is 20.2 Å². The number of hydrogen-bond acceptors (Lipinski definition) is 6. The van der Waals surface area contributed by atoms with Crippen LogP contribution < -0.4 is 10.6 Å². The molecule has 0 spiro atoms. The molecular formula is C9H14N4O3. The van der Waals surface area contributed by atoms with E-state index in [-0.39, 0.29) is 11.9 Å². The molecule has 0 aromatic carbocycles. The number of aromatic nitrogens is 2. The number of ether oxygens (including phenoxy) is 1. The van der Waals surface area contributed by atoms with E-state index in [0.29, 0.717) is 31.3 Å². The Morgan fingerprint density at radius 2 is 2.44 bits per heavy atom. The summed E-state index contributed by atoms with van der Waals surface area (Å²) in [7, 11) is 1.56. The fraction of sp³-hybridized carbons (Fsp3) is 0.667. The van der Waals surface area contributed by atoms with Crippen molar-refractivity contribution in [1.29, 1.82) is 0 Å². The van der Waals surface area contributed by atoms with Crippen LogP contribution in [0.3, 0.4) is 0 Å². The predicted octanol–water partition coefficient (Wildman–Crippen LogP) is -1.15. The van der Waals surface area contributed by atoms with E-state index in [2.05, 4.69) is 20.8 Å². The van der Waals surface area contributed by atoms with E-state index < -0.39 is 0 Å². The molecule has 1 aliphatic rings. The van der Waals surface area contributed by atoms with Crippen molar-refractivity contribution in [3.8, 4) is 0 Å². The fourth-order valence-electron chi connectivity index (χ4n) is 1.55. The van der Waals surface area contributed by atoms with Gasteiger partial charge in [-0.05, 0) is 0 Å². The summed E-state index contributed by atoms with van der Waals surface area (Å²) in [5.74, 6) is 0.910. The van der Waals surface area contributed by atoms with Gasteiger partial charge in [-0.2, -0.15) is 4.98 Å². The fourth-order valence-corrected chi connectivity index (χ4v) is 1.55. The van der Waals surface area contributed by atoms with E-state index >= 15 is 0 Å². The highest BCUT2D eigenvalue weighted by molar-refractivity contribution is 5.82. The first kappa shape index (κ1) is 11.0. The zero-order valence-corrected chi connectivity index (χ0v) is 9.02. The molecule has 1 amide bonds. The second kappa shape index (κ2) is 5.04. The number of piperazine rings is 1. The van der Waals surface area contributed by atoms with Gasteiger partial charge in [0.15, 0.2) is 5.82 Å². The van der Waals surface area contributed by atoms with Crippen LogP contribution in [0.4, 0.5) is 0 Å². The summed E-state index contributed by atoms with van der Waals surface area (Å²) in [6.07, 6.45) is 0.405. The van der Waals surface area contributed by atoms with Crippen LogP contribution in [0.5, 0.6) is 0 Å². The summed E-state index contributed by atoms with van der Waals surface area (Å²) in [6.45, 7) is 1.73. The molecule has 0 aliphatic carbocycles. The van der Waals surface area contributed by atoms with Gasteiger partial charge in [0.05, 0.1) is 12.5 Å². The van der Waals surface area contributed by atoms with Gasteiger partial charge in [-0.25, -0.2) is 0 Å². The van der Waals surface area contributed by atoms with Gasteiger partial charge in [-0.1, -0.05) is 5.16 Å². The Bertz CT molecular complexity index is 365. The van der Waals surface area contributed by atoms with E-state index in [1.54, 1.807) is 7.11 Å². The molecule has 7 nitrogen and oxygen atoms in total. The smallest absolute Gasteiger partial charge is 0.237 e. The maximum atomic E-state index is 11.4. The third-order valence-corrected chi connectivity index (χ3v) is 2.29. The van der Waals surface area contributed by atoms with Crippen molar-refractivity contribution in [1.82, 2.24) is 20.8 Å². The molecule has 0 bridgehead atoms. The lowest BCUT2D eigenvalue weighted by atomic mass is 10.1. The highest BCUT2D eigenvalue weighted by Crippen LogP contribution is 2.04. The molecule has 2 N–H and O–H groups in total. The zero-order valence-electron chi connectivity index (χ0n) is 9.02. The van der Waals surface area contributed by atoms with Gasteiger partial charge in [0.25, 0.3) is 0 Å². The minimum atomic E-state index is -0.287. The molecule has 0 radical (unpaired) electrons. The molecular weight excluding hydrogens is 212 g/mol. The number of nitrogens with zero attached hydrogens (tertiary/aromatic N) is 2. The summed E-state index contributed by atoms with van der Waals surface area (Å²) in [6, 6.07) is -0.287. The molecule has 1 fully saturated rings. The maximum absolute atomic E-state index is 11.4. The maximum Gasteiger partial charge on any atom is 0.237 e. The molecule has 1 saturated heterocycles. The van der Waals surface area contributed by atoms with Gasteiger partial charge >= 0.3 is 0 Å². The number of nitrogens with one attached hydrogen (secondary N) is 2. The Morgan fingerprint density at radius 1 is 1.56 bits per heavy atom. The van der Waals surface area contributed by atoms with Crippen LogP contribution in [0.2, 0.25) is 0 Å². The average molecular weight is 226 g/mol. The van der Waals surface area contributed by atoms with Crippen LogP contribution in [-0.2, 0) is 22.6 Å². The van der Waals surface area contributed by atoms with Gasteiger partial charge in [0, 0.05) is 20.2 Å². The summed E-state index contributed by atoms with van der Waals surface area (Å²) in [5, 5.41) is 9.58. The van der Waals surface area contributed by atoms with E-state index in [0.717, 1.165) is 6.54 Å². The van der Waals surface area contributed by atoms with Crippen LogP contribution in [0.15, 0.2) is 4.52 Å². The molecule has 1 atom stereocenters. The minimum Gasteiger partial charge on any atom is -0.377 e. The Labute approximate surface area is 92.5 Å². The molecule has 1 aromatic heterocycles.